The summed E-state index contributed by atoms with van der Waals surface area (Å²) >= 11 is 0. The van der Waals surface area contributed by atoms with Crippen LogP contribution in [-0.2, 0) is 9.53 Å². The van der Waals surface area contributed by atoms with Crippen LogP contribution < -0.4 is 5.73 Å². The fraction of sp³-hybridized carbons (Fsp3) is 0.467. The first-order valence-electron chi connectivity index (χ1n) is 6.96. The first-order valence-corrected chi connectivity index (χ1v) is 6.96. The third kappa shape index (κ3) is 3.51. The number of hydrogen-bond acceptors (Lipinski definition) is 4. The summed E-state index contributed by atoms with van der Waals surface area (Å²) in [6.07, 6.45) is 1.97. The monoisotopic (exact) mass is 294 g/mol. The van der Waals surface area contributed by atoms with Crippen molar-refractivity contribution >= 4 is 17.6 Å². The average Bonchev–Trinajstić information content (AvgIpc) is 3.25. The fourth-order valence-corrected chi connectivity index (χ4v) is 2.26. The van der Waals surface area contributed by atoms with Gasteiger partial charge in [0.15, 0.2) is 6.61 Å². The molecule has 0 heterocycles. The van der Waals surface area contributed by atoms with Gasteiger partial charge in [0.25, 0.3) is 5.91 Å². The molecular weight excluding hydrogens is 275 g/mol. The molecule has 1 fully saturated rings. The molecule has 1 aromatic carbocycles. The van der Waals surface area contributed by atoms with Gasteiger partial charge in [-0.3, -0.25) is 4.79 Å². The highest BCUT2D eigenvalue weighted by Gasteiger charge is 2.31. The number of anilines is 1. The van der Waals surface area contributed by atoms with Crippen molar-refractivity contribution in [3.63, 3.8) is 0 Å². The van der Waals surface area contributed by atoms with E-state index in [0.29, 0.717) is 6.54 Å². The Labute approximate surface area is 122 Å². The summed E-state index contributed by atoms with van der Waals surface area (Å²) in [6, 6.07) is 2.91. The molecule has 1 saturated carbocycles. The summed E-state index contributed by atoms with van der Waals surface area (Å²) in [4.78, 5) is 25.5. The van der Waals surface area contributed by atoms with Crippen molar-refractivity contribution in [3.05, 3.63) is 29.1 Å². The lowest BCUT2D eigenvalue weighted by Crippen LogP contribution is -2.36. The molecule has 2 rings (SSSR count). The molecule has 1 aliphatic carbocycles. The largest absolute Gasteiger partial charge is 0.452 e. The molecule has 1 aliphatic rings. The Morgan fingerprint density at radius 1 is 1.43 bits per heavy atom. The number of carbonyl (C=O) groups is 2. The molecule has 21 heavy (non-hydrogen) atoms. The maximum atomic E-state index is 13.9. The van der Waals surface area contributed by atoms with E-state index >= 15 is 0 Å². The zero-order valence-electron chi connectivity index (χ0n) is 12.2. The number of benzene rings is 1. The first-order chi connectivity index (χ1) is 9.93. The van der Waals surface area contributed by atoms with Gasteiger partial charge in [-0.15, -0.1) is 0 Å². The van der Waals surface area contributed by atoms with E-state index in [4.69, 9.17) is 10.5 Å². The van der Waals surface area contributed by atoms with E-state index in [1.165, 1.54) is 19.1 Å². The second-order valence-electron chi connectivity index (χ2n) is 5.19. The number of amides is 1. The molecular formula is C15H19FN2O3. The highest BCUT2D eigenvalue weighted by molar-refractivity contribution is 5.92. The van der Waals surface area contributed by atoms with Crippen molar-refractivity contribution < 1.29 is 18.7 Å². The topological polar surface area (TPSA) is 72.6 Å². The number of nitrogens with two attached hydrogens (primary N) is 1. The van der Waals surface area contributed by atoms with Gasteiger partial charge in [0.1, 0.15) is 5.82 Å². The quantitative estimate of drug-likeness (QED) is 0.665. The van der Waals surface area contributed by atoms with Gasteiger partial charge in [0.05, 0.1) is 5.56 Å². The van der Waals surface area contributed by atoms with Crippen LogP contribution in [0.2, 0.25) is 0 Å². The Balaban J connectivity index is 2.00. The third-order valence-electron chi connectivity index (χ3n) is 3.47. The molecule has 0 bridgehead atoms. The molecule has 114 valence electrons. The molecule has 0 unspecified atom stereocenters. The Hall–Kier alpha value is -2.11. The maximum Gasteiger partial charge on any atom is 0.341 e. The van der Waals surface area contributed by atoms with E-state index in [-0.39, 0.29) is 35.4 Å². The highest BCUT2D eigenvalue weighted by Crippen LogP contribution is 2.26. The van der Waals surface area contributed by atoms with Gasteiger partial charge in [-0.1, -0.05) is 0 Å². The number of hydrogen-bond donors (Lipinski definition) is 1. The van der Waals surface area contributed by atoms with Crippen molar-refractivity contribution in [1.29, 1.82) is 0 Å². The summed E-state index contributed by atoms with van der Waals surface area (Å²) in [5.41, 5.74) is 5.89. The zero-order valence-corrected chi connectivity index (χ0v) is 12.2. The molecule has 0 radical (unpaired) electrons. The summed E-state index contributed by atoms with van der Waals surface area (Å²) < 4.78 is 18.8. The van der Waals surface area contributed by atoms with Crippen LogP contribution in [0.25, 0.3) is 0 Å². The highest BCUT2D eigenvalue weighted by atomic mass is 19.1. The van der Waals surface area contributed by atoms with Crippen molar-refractivity contribution in [1.82, 2.24) is 4.90 Å². The minimum absolute atomic E-state index is 0.241. The van der Waals surface area contributed by atoms with Gasteiger partial charge in [0, 0.05) is 18.3 Å². The van der Waals surface area contributed by atoms with Crippen LogP contribution in [0.4, 0.5) is 10.1 Å². The van der Waals surface area contributed by atoms with Crippen LogP contribution in [0.3, 0.4) is 0 Å². The van der Waals surface area contributed by atoms with E-state index in [9.17, 15) is 14.0 Å². The van der Waals surface area contributed by atoms with Gasteiger partial charge >= 0.3 is 5.97 Å². The third-order valence-corrected chi connectivity index (χ3v) is 3.47. The van der Waals surface area contributed by atoms with Crippen molar-refractivity contribution in [3.8, 4) is 0 Å². The smallest absolute Gasteiger partial charge is 0.341 e. The standard InChI is InChI=1S/C15H19FN2O3/c1-3-18(11-4-5-11)13(19)8-21-15(20)12-7-10(17)6-9(2)14(12)16/h6-7,11H,3-5,8,17H2,1-2H3. The number of esters is 1. The van der Waals surface area contributed by atoms with E-state index in [0.717, 1.165) is 12.8 Å². The number of halogens is 1. The summed E-state index contributed by atoms with van der Waals surface area (Å²) in [5, 5.41) is 0. The maximum absolute atomic E-state index is 13.9. The number of nitrogen functional groups attached to an aromatic ring is 1. The zero-order chi connectivity index (χ0) is 15.6. The lowest BCUT2D eigenvalue weighted by molar-refractivity contribution is -0.134. The van der Waals surface area contributed by atoms with Gasteiger partial charge in [-0.25, -0.2) is 9.18 Å². The molecule has 0 spiro atoms. The lowest BCUT2D eigenvalue weighted by Gasteiger charge is -2.20. The number of aryl methyl sites for hydroxylation is 1. The van der Waals surface area contributed by atoms with Gasteiger partial charge in [-0.2, -0.15) is 0 Å². The van der Waals surface area contributed by atoms with Crippen LogP contribution in [0, 0.1) is 12.7 Å². The fourth-order valence-electron chi connectivity index (χ4n) is 2.26. The SMILES string of the molecule is CCN(C(=O)COC(=O)c1cc(N)cc(C)c1F)C1CC1. The van der Waals surface area contributed by atoms with Crippen LogP contribution in [0.1, 0.15) is 35.7 Å². The van der Waals surface area contributed by atoms with E-state index in [1.54, 1.807) is 4.90 Å². The predicted molar refractivity (Wildman–Crippen MR) is 76.2 cm³/mol. The molecule has 0 aromatic heterocycles. The van der Waals surface area contributed by atoms with Gasteiger partial charge < -0.3 is 15.4 Å². The number of nitrogens with zero attached hydrogens (tertiary/aromatic N) is 1. The minimum Gasteiger partial charge on any atom is -0.452 e. The number of rotatable bonds is 5. The molecule has 1 aromatic rings. The molecule has 0 aliphatic heterocycles. The Kier molecular flexibility index (Phi) is 4.45. The first kappa shape index (κ1) is 15.3. The lowest BCUT2D eigenvalue weighted by atomic mass is 10.1. The van der Waals surface area contributed by atoms with Crippen molar-refractivity contribution in [2.24, 2.45) is 0 Å². The Bertz CT molecular complexity index is 570. The van der Waals surface area contributed by atoms with E-state index in [2.05, 4.69) is 0 Å². The minimum atomic E-state index is -0.872. The van der Waals surface area contributed by atoms with Crippen LogP contribution in [-0.4, -0.2) is 36.0 Å². The van der Waals surface area contributed by atoms with Crippen molar-refractivity contribution in [2.75, 3.05) is 18.9 Å². The van der Waals surface area contributed by atoms with Crippen LogP contribution in [0.5, 0.6) is 0 Å². The predicted octanol–water partition coefficient (Wildman–Crippen LogP) is 1.88. The second kappa shape index (κ2) is 6.11. The van der Waals surface area contributed by atoms with Crippen LogP contribution >= 0.6 is 0 Å². The molecule has 1 amide bonds. The van der Waals surface area contributed by atoms with Gasteiger partial charge in [-0.05, 0) is 44.4 Å². The Morgan fingerprint density at radius 2 is 2.10 bits per heavy atom. The summed E-state index contributed by atoms with van der Waals surface area (Å²) in [5.74, 6) is -1.80. The molecule has 6 heteroatoms. The summed E-state index contributed by atoms with van der Waals surface area (Å²) in [7, 11) is 0. The average molecular weight is 294 g/mol. The van der Waals surface area contributed by atoms with E-state index < -0.39 is 11.8 Å². The normalized spacial score (nSPS) is 13.9. The summed E-state index contributed by atoms with van der Waals surface area (Å²) in [6.45, 7) is 3.59. The van der Waals surface area contributed by atoms with Crippen molar-refractivity contribution in [2.45, 2.75) is 32.7 Å². The van der Waals surface area contributed by atoms with Gasteiger partial charge in [0.2, 0.25) is 0 Å². The van der Waals surface area contributed by atoms with E-state index in [1.807, 2.05) is 6.92 Å². The molecule has 2 N–H and O–H groups in total. The number of likely N-dealkylation sites (N-methyl/N-ethyl adjacent to an activating group) is 1. The number of ether oxygens (including phenoxy) is 1. The Morgan fingerprint density at radius 3 is 2.67 bits per heavy atom. The number of carbonyl (C=O) groups excluding carboxylic acids is 2. The molecule has 0 atom stereocenters. The molecule has 5 nitrogen and oxygen atoms in total. The second-order valence-corrected chi connectivity index (χ2v) is 5.19. The van der Waals surface area contributed by atoms with Crippen LogP contribution in [0.15, 0.2) is 12.1 Å². The molecule has 0 saturated heterocycles.